The highest BCUT2D eigenvalue weighted by atomic mass is 16.6. The van der Waals surface area contributed by atoms with Gasteiger partial charge in [0.15, 0.2) is 5.56 Å². The van der Waals surface area contributed by atoms with Crippen molar-refractivity contribution in [1.82, 2.24) is 0 Å². The number of carboxylic acid groups (broad SMARTS) is 2. The minimum absolute atomic E-state index is 0.167. The van der Waals surface area contributed by atoms with Crippen LogP contribution >= 0.6 is 0 Å². The maximum Gasteiger partial charge on any atom is 0.343 e. The lowest BCUT2D eigenvalue weighted by atomic mass is 9.68. The third kappa shape index (κ3) is 1.96. The Morgan fingerprint density at radius 3 is 1.72 bits per heavy atom. The van der Waals surface area contributed by atoms with E-state index in [0.717, 1.165) is 0 Å². The molecule has 1 rings (SSSR count). The zero-order chi connectivity index (χ0) is 14.2. The average Bonchev–Trinajstić information content (AvgIpc) is 2.23. The van der Waals surface area contributed by atoms with Crippen molar-refractivity contribution in [3.63, 3.8) is 0 Å². The Kier molecular flexibility index (Phi) is 3.50. The fraction of sp³-hybridized carbons (Fsp3) is 0. The molecule has 2 N–H and O–H groups in total. The summed E-state index contributed by atoms with van der Waals surface area (Å²) in [6, 6.07) is 0. The molecule has 0 saturated heterocycles. The fourth-order valence-electron chi connectivity index (χ4n) is 1.84. The molecule has 0 saturated carbocycles. The smallest absolute Gasteiger partial charge is 0.343 e. The first-order valence-electron chi connectivity index (χ1n) is 4.94. The number of carbonyl (C=O) groups is 2. The lowest BCUT2D eigenvalue weighted by molar-refractivity contribution is -0.383. The monoisotopic (exact) mass is 247 g/mol. The number of hydrogen-bond donors (Lipinski definition) is 2. The van der Waals surface area contributed by atoms with Gasteiger partial charge in [-0.15, -0.1) is 0 Å². The van der Waals surface area contributed by atoms with Crippen LogP contribution in [0.25, 0.3) is 0 Å². The van der Waals surface area contributed by atoms with Crippen LogP contribution in [0.2, 0.25) is 0 Å². The van der Waals surface area contributed by atoms with Crippen molar-refractivity contribution in [2.24, 2.45) is 0 Å². The number of benzene rings is 1. The van der Waals surface area contributed by atoms with Crippen molar-refractivity contribution in [1.29, 1.82) is 0 Å². The molecule has 0 amide bonds. The summed E-state index contributed by atoms with van der Waals surface area (Å²) < 4.78 is 0. The van der Waals surface area contributed by atoms with Gasteiger partial charge < -0.3 is 10.2 Å². The van der Waals surface area contributed by atoms with Gasteiger partial charge in [0.05, 0.1) is 10.5 Å². The molecule has 1 aromatic rings. The van der Waals surface area contributed by atoms with Crippen molar-refractivity contribution in [3.05, 3.63) is 21.2 Å². The SMILES string of the molecule is Bc1c(B)c(C(=O)O)c(C(=O)O)c([N+](=O)[O-])c1B. The second-order valence-corrected chi connectivity index (χ2v) is 3.84. The van der Waals surface area contributed by atoms with Gasteiger partial charge in [0.1, 0.15) is 23.5 Å². The van der Waals surface area contributed by atoms with E-state index in [-0.39, 0.29) is 10.9 Å². The first-order chi connectivity index (χ1) is 8.20. The Labute approximate surface area is 104 Å². The third-order valence-electron chi connectivity index (χ3n) is 2.95. The van der Waals surface area contributed by atoms with Crippen molar-refractivity contribution in [3.8, 4) is 0 Å². The third-order valence-corrected chi connectivity index (χ3v) is 2.95. The lowest BCUT2D eigenvalue weighted by Gasteiger charge is -2.13. The molecule has 0 fully saturated rings. The number of aromatic carboxylic acids is 2. The Hall–Kier alpha value is -2.25. The molecule has 18 heavy (non-hydrogen) atoms. The van der Waals surface area contributed by atoms with Gasteiger partial charge >= 0.3 is 11.9 Å². The minimum atomic E-state index is -1.62. The molecule has 0 heterocycles. The average molecular weight is 247 g/mol. The molecule has 0 unspecified atom stereocenters. The van der Waals surface area contributed by atoms with Gasteiger partial charge in [-0.1, -0.05) is 10.9 Å². The molecule has 0 aliphatic carbocycles. The Balaban J connectivity index is 3.99. The zero-order valence-corrected chi connectivity index (χ0v) is 9.97. The predicted molar refractivity (Wildman–Crippen MR) is 71.5 cm³/mol. The Morgan fingerprint density at radius 2 is 1.39 bits per heavy atom. The molecule has 10 heteroatoms. The van der Waals surface area contributed by atoms with Crippen LogP contribution in [0.15, 0.2) is 0 Å². The van der Waals surface area contributed by atoms with Gasteiger partial charge in [0.25, 0.3) is 5.69 Å². The first-order valence-corrected chi connectivity index (χ1v) is 4.94. The summed E-state index contributed by atoms with van der Waals surface area (Å²) in [6.45, 7) is 0. The summed E-state index contributed by atoms with van der Waals surface area (Å²) in [5.74, 6) is -3.11. The van der Waals surface area contributed by atoms with Crippen LogP contribution in [-0.2, 0) is 0 Å². The Bertz CT molecular complexity index is 544. The molecule has 7 nitrogen and oxygen atoms in total. The van der Waals surface area contributed by atoms with Gasteiger partial charge in [-0.2, -0.15) is 0 Å². The van der Waals surface area contributed by atoms with Gasteiger partial charge in [-0.05, 0) is 5.46 Å². The molecule has 0 atom stereocenters. The van der Waals surface area contributed by atoms with Crippen molar-refractivity contribution in [2.75, 3.05) is 0 Å². The van der Waals surface area contributed by atoms with E-state index in [9.17, 15) is 19.7 Å². The Morgan fingerprint density at radius 1 is 0.944 bits per heavy atom. The van der Waals surface area contributed by atoms with Crippen LogP contribution in [0.1, 0.15) is 20.7 Å². The second-order valence-electron chi connectivity index (χ2n) is 3.84. The first kappa shape index (κ1) is 13.8. The molecule has 0 radical (unpaired) electrons. The van der Waals surface area contributed by atoms with E-state index in [1.54, 1.807) is 0 Å². The largest absolute Gasteiger partial charge is 0.478 e. The van der Waals surface area contributed by atoms with Crippen molar-refractivity contribution in [2.45, 2.75) is 0 Å². The number of nitro benzene ring substituents is 1. The lowest BCUT2D eigenvalue weighted by Crippen LogP contribution is -2.45. The number of rotatable bonds is 3. The maximum absolute atomic E-state index is 11.1. The van der Waals surface area contributed by atoms with Gasteiger partial charge in [-0.25, -0.2) is 9.59 Å². The molecule has 0 bridgehead atoms. The standard InChI is InChI=1S/C8H8B3NO6/c9-3-1(7(13)14)2(8(15)16)6(12(17)18)5(11)4(3)10/h9-11H2,(H,13,14)(H,15,16). The highest BCUT2D eigenvalue weighted by Gasteiger charge is 2.32. The summed E-state index contributed by atoms with van der Waals surface area (Å²) >= 11 is 0. The number of hydrogen-bond acceptors (Lipinski definition) is 4. The summed E-state index contributed by atoms with van der Waals surface area (Å²) in [7, 11) is 4.36. The maximum atomic E-state index is 11.1. The van der Waals surface area contributed by atoms with E-state index in [0.29, 0.717) is 5.46 Å². The minimum Gasteiger partial charge on any atom is -0.478 e. The number of nitrogens with zero attached hydrogens (tertiary/aromatic N) is 1. The van der Waals surface area contributed by atoms with E-state index < -0.39 is 33.7 Å². The van der Waals surface area contributed by atoms with Gasteiger partial charge in [-0.3, -0.25) is 10.1 Å². The highest BCUT2D eigenvalue weighted by Crippen LogP contribution is 2.18. The van der Waals surface area contributed by atoms with Crippen LogP contribution < -0.4 is 16.4 Å². The second kappa shape index (κ2) is 4.56. The van der Waals surface area contributed by atoms with Gasteiger partial charge in [0.2, 0.25) is 0 Å². The fourth-order valence-corrected chi connectivity index (χ4v) is 1.84. The summed E-state index contributed by atoms with van der Waals surface area (Å²) in [5, 5.41) is 29.0. The molecular weight excluding hydrogens is 239 g/mol. The van der Waals surface area contributed by atoms with Gasteiger partial charge in [0, 0.05) is 0 Å². The van der Waals surface area contributed by atoms with Crippen LogP contribution in [0, 0.1) is 10.1 Å². The molecule has 0 aliphatic rings. The molecule has 90 valence electrons. The van der Waals surface area contributed by atoms with E-state index in [1.165, 1.54) is 23.5 Å². The zero-order valence-electron chi connectivity index (χ0n) is 9.97. The summed E-state index contributed by atoms with van der Waals surface area (Å²) in [6.07, 6.45) is 0. The highest BCUT2D eigenvalue weighted by molar-refractivity contribution is 6.60. The van der Waals surface area contributed by atoms with E-state index in [1.807, 2.05) is 0 Å². The summed E-state index contributed by atoms with van der Waals surface area (Å²) in [5.41, 5.74) is -1.17. The summed E-state index contributed by atoms with van der Waals surface area (Å²) in [4.78, 5) is 32.3. The van der Waals surface area contributed by atoms with Crippen LogP contribution in [0.3, 0.4) is 0 Å². The number of nitro groups is 1. The van der Waals surface area contributed by atoms with Crippen LogP contribution in [0.5, 0.6) is 0 Å². The molecule has 1 aromatic carbocycles. The topological polar surface area (TPSA) is 118 Å². The molecular formula is C8H8B3NO6. The normalized spacial score (nSPS) is 10.0. The van der Waals surface area contributed by atoms with Crippen LogP contribution in [0.4, 0.5) is 5.69 Å². The van der Waals surface area contributed by atoms with Crippen LogP contribution in [-0.4, -0.2) is 50.6 Å². The van der Waals surface area contributed by atoms with Crippen molar-refractivity contribution < 1.29 is 24.7 Å². The molecule has 0 aromatic heterocycles. The molecule has 0 aliphatic heterocycles. The van der Waals surface area contributed by atoms with E-state index in [4.69, 9.17) is 10.2 Å². The molecule has 0 spiro atoms. The predicted octanol–water partition coefficient (Wildman–Crippen LogP) is -4.23. The number of carboxylic acids is 2. The van der Waals surface area contributed by atoms with E-state index in [2.05, 4.69) is 0 Å². The van der Waals surface area contributed by atoms with E-state index >= 15 is 0 Å². The van der Waals surface area contributed by atoms with Crippen molar-refractivity contribution >= 4 is 57.6 Å². The quantitative estimate of drug-likeness (QED) is 0.317.